The van der Waals surface area contributed by atoms with Crippen molar-refractivity contribution in [2.75, 3.05) is 12.0 Å². The maximum absolute atomic E-state index is 13.1. The zero-order chi connectivity index (χ0) is 15.5. The lowest BCUT2D eigenvalue weighted by Gasteiger charge is -2.12. The molecule has 110 valence electrons. The van der Waals surface area contributed by atoms with Crippen LogP contribution in [-0.4, -0.2) is 37.3 Å². The van der Waals surface area contributed by atoms with Crippen molar-refractivity contribution in [3.8, 4) is 0 Å². The Hall–Kier alpha value is -2.03. The molecule has 0 aliphatic rings. The quantitative estimate of drug-likeness (QED) is 0.642. The first-order chi connectivity index (χ1) is 9.10. The highest BCUT2D eigenvalue weighted by molar-refractivity contribution is 7.90. The summed E-state index contributed by atoms with van der Waals surface area (Å²) in [5.41, 5.74) is -0.924. The lowest BCUT2D eigenvalue weighted by Crippen LogP contribution is -2.37. The average molecular weight is 304 g/mol. The van der Waals surface area contributed by atoms with Crippen molar-refractivity contribution in [3.05, 3.63) is 39.7 Å². The van der Waals surface area contributed by atoms with Crippen LogP contribution in [0.15, 0.2) is 18.2 Å². The van der Waals surface area contributed by atoms with Gasteiger partial charge in [0.2, 0.25) is 5.82 Å². The second kappa shape index (κ2) is 5.95. The van der Waals surface area contributed by atoms with E-state index in [0.29, 0.717) is 0 Å². The van der Waals surface area contributed by atoms with Gasteiger partial charge >= 0.3 is 5.69 Å². The molecular weight excluding hydrogens is 291 g/mol. The molecule has 0 bridgehead atoms. The van der Waals surface area contributed by atoms with Crippen LogP contribution in [0.2, 0.25) is 0 Å². The molecule has 0 spiro atoms. The highest BCUT2D eigenvalue weighted by atomic mass is 32.2. The van der Waals surface area contributed by atoms with Gasteiger partial charge in [0, 0.05) is 23.9 Å². The summed E-state index contributed by atoms with van der Waals surface area (Å²) in [6.45, 7) is 1.48. The highest BCUT2D eigenvalue weighted by Crippen LogP contribution is 2.18. The first-order valence-corrected chi connectivity index (χ1v) is 7.58. The van der Waals surface area contributed by atoms with E-state index >= 15 is 0 Å². The van der Waals surface area contributed by atoms with E-state index in [9.17, 15) is 27.7 Å². The maximum atomic E-state index is 13.1. The van der Waals surface area contributed by atoms with E-state index in [-0.39, 0.29) is 11.3 Å². The van der Waals surface area contributed by atoms with Gasteiger partial charge in [-0.05, 0) is 19.1 Å². The van der Waals surface area contributed by atoms with Crippen molar-refractivity contribution in [3.63, 3.8) is 0 Å². The van der Waals surface area contributed by atoms with Crippen LogP contribution in [0.25, 0.3) is 0 Å². The van der Waals surface area contributed by atoms with Gasteiger partial charge in [-0.3, -0.25) is 14.9 Å². The summed E-state index contributed by atoms with van der Waals surface area (Å²) in [4.78, 5) is 21.4. The van der Waals surface area contributed by atoms with E-state index in [0.717, 1.165) is 24.5 Å². The molecule has 1 aromatic rings. The van der Waals surface area contributed by atoms with Crippen molar-refractivity contribution >= 4 is 21.4 Å². The molecule has 1 atom stereocenters. The van der Waals surface area contributed by atoms with Gasteiger partial charge in [0.05, 0.1) is 10.7 Å². The first-order valence-electron chi connectivity index (χ1n) is 5.52. The predicted octanol–water partition coefficient (Wildman–Crippen LogP) is 0.897. The number of halogens is 1. The smallest absolute Gasteiger partial charge is 0.305 e. The summed E-state index contributed by atoms with van der Waals surface area (Å²) in [6, 6.07) is 2.04. The minimum Gasteiger partial charge on any atom is -0.349 e. The molecule has 0 saturated carbocycles. The fourth-order valence-corrected chi connectivity index (χ4v) is 2.59. The molecule has 0 fully saturated rings. The summed E-state index contributed by atoms with van der Waals surface area (Å²) in [7, 11) is -3.26. The Kier molecular flexibility index (Phi) is 4.77. The minimum atomic E-state index is -3.26. The molecule has 1 rings (SSSR count). The number of sulfone groups is 1. The fraction of sp³-hybridized carbons (Fsp3) is 0.364. The van der Waals surface area contributed by atoms with Crippen LogP contribution in [0.1, 0.15) is 17.3 Å². The molecule has 9 heteroatoms. The van der Waals surface area contributed by atoms with Crippen LogP contribution < -0.4 is 5.32 Å². The zero-order valence-electron chi connectivity index (χ0n) is 10.8. The fourth-order valence-electron chi connectivity index (χ4n) is 1.60. The molecule has 0 aromatic heterocycles. The van der Waals surface area contributed by atoms with Crippen LogP contribution in [0.5, 0.6) is 0 Å². The molecule has 1 N–H and O–H groups in total. The van der Waals surface area contributed by atoms with Gasteiger partial charge in [-0.2, -0.15) is 4.39 Å². The zero-order valence-corrected chi connectivity index (χ0v) is 11.6. The lowest BCUT2D eigenvalue weighted by molar-refractivity contribution is -0.387. The van der Waals surface area contributed by atoms with Crippen LogP contribution in [0.4, 0.5) is 10.1 Å². The van der Waals surface area contributed by atoms with Crippen molar-refractivity contribution in [2.45, 2.75) is 13.0 Å². The number of hydrogen-bond acceptors (Lipinski definition) is 5. The number of benzene rings is 1. The largest absolute Gasteiger partial charge is 0.349 e. The summed E-state index contributed by atoms with van der Waals surface area (Å²) in [5, 5.41) is 12.9. The van der Waals surface area contributed by atoms with Gasteiger partial charge in [-0.1, -0.05) is 0 Å². The Morgan fingerprint density at radius 2 is 2.10 bits per heavy atom. The van der Waals surface area contributed by atoms with E-state index in [1.165, 1.54) is 6.92 Å². The molecule has 0 aliphatic carbocycles. The van der Waals surface area contributed by atoms with Gasteiger partial charge < -0.3 is 5.32 Å². The number of rotatable bonds is 5. The number of amides is 1. The average Bonchev–Trinajstić information content (AvgIpc) is 2.26. The Morgan fingerprint density at radius 3 is 2.60 bits per heavy atom. The third-order valence-corrected chi connectivity index (χ3v) is 3.44. The SMILES string of the molecule is CC(CS(C)(=O)=O)NC(=O)c1ccc(F)c([N+](=O)[O-])c1. The lowest BCUT2D eigenvalue weighted by atomic mass is 10.1. The van der Waals surface area contributed by atoms with Crippen molar-refractivity contribution < 1.29 is 22.5 Å². The molecule has 0 radical (unpaired) electrons. The Balaban J connectivity index is 2.88. The number of nitrogens with one attached hydrogen (secondary N) is 1. The summed E-state index contributed by atoms with van der Waals surface area (Å²) >= 11 is 0. The Labute approximate surface area is 114 Å². The van der Waals surface area contributed by atoms with E-state index in [2.05, 4.69) is 5.32 Å². The van der Waals surface area contributed by atoms with Gasteiger partial charge in [-0.25, -0.2) is 8.42 Å². The molecular formula is C11H13FN2O5S. The molecule has 0 aliphatic heterocycles. The molecule has 20 heavy (non-hydrogen) atoms. The molecule has 1 aromatic carbocycles. The second-order valence-electron chi connectivity index (χ2n) is 4.39. The Morgan fingerprint density at radius 1 is 1.50 bits per heavy atom. The topological polar surface area (TPSA) is 106 Å². The molecule has 1 unspecified atom stereocenters. The first kappa shape index (κ1) is 16.0. The number of nitro benzene ring substituents is 1. The summed E-state index contributed by atoms with van der Waals surface area (Å²) < 4.78 is 35.2. The number of nitrogens with zero attached hydrogens (tertiary/aromatic N) is 1. The van der Waals surface area contributed by atoms with Crippen LogP contribution in [0, 0.1) is 15.9 Å². The van der Waals surface area contributed by atoms with Gasteiger partial charge in [0.25, 0.3) is 5.91 Å². The van der Waals surface area contributed by atoms with Gasteiger partial charge in [0.15, 0.2) is 0 Å². The third-order valence-electron chi connectivity index (χ3n) is 2.34. The van der Waals surface area contributed by atoms with Crippen molar-refractivity contribution in [2.24, 2.45) is 0 Å². The van der Waals surface area contributed by atoms with Crippen LogP contribution >= 0.6 is 0 Å². The monoisotopic (exact) mass is 304 g/mol. The van der Waals surface area contributed by atoms with E-state index in [1.807, 2.05) is 0 Å². The number of nitro groups is 1. The van der Waals surface area contributed by atoms with Crippen LogP contribution in [0.3, 0.4) is 0 Å². The Bertz CT molecular complexity index is 644. The van der Waals surface area contributed by atoms with E-state index < -0.39 is 38.2 Å². The summed E-state index contributed by atoms with van der Waals surface area (Å²) in [5.74, 6) is -2.01. The minimum absolute atomic E-state index is 0.113. The molecule has 0 heterocycles. The predicted molar refractivity (Wildman–Crippen MR) is 69.7 cm³/mol. The molecule has 1 amide bonds. The van der Waals surface area contributed by atoms with Gasteiger partial charge in [-0.15, -0.1) is 0 Å². The summed E-state index contributed by atoms with van der Waals surface area (Å²) in [6.07, 6.45) is 1.03. The number of carbonyl (C=O) groups excluding carboxylic acids is 1. The standard InChI is InChI=1S/C11H13FN2O5S/c1-7(6-20(2,18)19)13-11(15)8-3-4-9(12)10(5-8)14(16)17/h3-5,7H,6H2,1-2H3,(H,13,15). The molecule has 0 saturated heterocycles. The van der Waals surface area contributed by atoms with E-state index in [1.54, 1.807) is 0 Å². The van der Waals surface area contributed by atoms with Crippen molar-refractivity contribution in [1.82, 2.24) is 5.32 Å². The van der Waals surface area contributed by atoms with Crippen LogP contribution in [-0.2, 0) is 9.84 Å². The molecule has 7 nitrogen and oxygen atoms in total. The number of carbonyl (C=O) groups is 1. The third kappa shape index (κ3) is 4.57. The van der Waals surface area contributed by atoms with Crippen molar-refractivity contribution in [1.29, 1.82) is 0 Å². The van der Waals surface area contributed by atoms with E-state index in [4.69, 9.17) is 0 Å². The highest BCUT2D eigenvalue weighted by Gasteiger charge is 2.19. The number of hydrogen-bond donors (Lipinski definition) is 1. The second-order valence-corrected chi connectivity index (χ2v) is 6.58. The van der Waals surface area contributed by atoms with Gasteiger partial charge in [0.1, 0.15) is 9.84 Å². The maximum Gasteiger partial charge on any atom is 0.305 e. The normalized spacial score (nSPS) is 12.8.